The Morgan fingerprint density at radius 2 is 2.10 bits per heavy atom. The van der Waals surface area contributed by atoms with Crippen molar-refractivity contribution < 1.29 is 9.13 Å². The van der Waals surface area contributed by atoms with Crippen LogP contribution < -0.4 is 15.4 Å². The molecule has 0 amide bonds. The minimum Gasteiger partial charge on any atom is -0.494 e. The number of rotatable bonds is 4. The van der Waals surface area contributed by atoms with Crippen molar-refractivity contribution in [3.8, 4) is 5.75 Å². The molecule has 4 heteroatoms. The first-order valence-corrected chi connectivity index (χ1v) is 8.11. The lowest BCUT2D eigenvalue weighted by atomic mass is 9.88. The van der Waals surface area contributed by atoms with Gasteiger partial charge in [-0.1, -0.05) is 12.8 Å². The number of hydrogen-bond donors (Lipinski definition) is 2. The summed E-state index contributed by atoms with van der Waals surface area (Å²) in [6.45, 7) is 1.15. The fraction of sp³-hybridized carbons (Fsp3) is 0.647. The van der Waals surface area contributed by atoms with E-state index in [1.165, 1.54) is 50.7 Å². The maximum absolute atomic E-state index is 13.3. The highest BCUT2D eigenvalue weighted by Crippen LogP contribution is 2.35. The van der Waals surface area contributed by atoms with Crippen LogP contribution in [-0.2, 0) is 0 Å². The van der Waals surface area contributed by atoms with E-state index in [1.807, 2.05) is 0 Å². The molecule has 116 valence electrons. The van der Waals surface area contributed by atoms with Crippen LogP contribution in [0.25, 0.3) is 0 Å². The van der Waals surface area contributed by atoms with E-state index in [-0.39, 0.29) is 5.82 Å². The molecule has 3 nitrogen and oxygen atoms in total. The lowest BCUT2D eigenvalue weighted by Gasteiger charge is -2.33. The topological polar surface area (TPSA) is 33.3 Å². The number of benzene rings is 1. The number of methoxy groups -OCH3 is 1. The highest BCUT2D eigenvalue weighted by molar-refractivity contribution is 5.57. The van der Waals surface area contributed by atoms with Crippen LogP contribution in [0.3, 0.4) is 0 Å². The molecule has 3 rings (SSSR count). The Kier molecular flexibility index (Phi) is 4.63. The van der Waals surface area contributed by atoms with Crippen LogP contribution in [0, 0.1) is 11.7 Å². The summed E-state index contributed by atoms with van der Waals surface area (Å²) in [5.41, 5.74) is 0.909. The lowest BCUT2D eigenvalue weighted by molar-refractivity contribution is 0.286. The summed E-state index contributed by atoms with van der Waals surface area (Å²) in [6, 6.07) is 5.82. The maximum Gasteiger partial charge on any atom is 0.144 e. The predicted octanol–water partition coefficient (Wildman–Crippen LogP) is 3.56. The first-order chi connectivity index (χ1) is 10.3. The van der Waals surface area contributed by atoms with Crippen LogP contribution in [0.2, 0.25) is 0 Å². The van der Waals surface area contributed by atoms with Crippen molar-refractivity contribution >= 4 is 5.69 Å². The van der Waals surface area contributed by atoms with Crippen LogP contribution >= 0.6 is 0 Å². The van der Waals surface area contributed by atoms with Gasteiger partial charge < -0.3 is 15.4 Å². The maximum atomic E-state index is 13.3. The quantitative estimate of drug-likeness (QED) is 0.890. The van der Waals surface area contributed by atoms with Crippen molar-refractivity contribution in [1.82, 2.24) is 5.32 Å². The van der Waals surface area contributed by atoms with Gasteiger partial charge in [0, 0.05) is 18.2 Å². The molecule has 1 aliphatic heterocycles. The molecule has 0 aromatic heterocycles. The van der Waals surface area contributed by atoms with Gasteiger partial charge in [-0.2, -0.15) is 0 Å². The Bertz CT molecular complexity index is 474. The zero-order chi connectivity index (χ0) is 14.7. The number of piperidine rings is 1. The number of anilines is 1. The van der Waals surface area contributed by atoms with E-state index >= 15 is 0 Å². The number of halogens is 1. The molecule has 2 aliphatic rings. The molecule has 0 radical (unpaired) electrons. The summed E-state index contributed by atoms with van der Waals surface area (Å²) in [5.74, 6) is 1.01. The van der Waals surface area contributed by atoms with Crippen LogP contribution in [0.4, 0.5) is 10.1 Å². The summed E-state index contributed by atoms with van der Waals surface area (Å²) < 4.78 is 18.6. The van der Waals surface area contributed by atoms with Crippen molar-refractivity contribution in [2.45, 2.75) is 50.6 Å². The Hall–Kier alpha value is -1.29. The summed E-state index contributed by atoms with van der Waals surface area (Å²) in [6.07, 6.45) is 7.64. The van der Waals surface area contributed by atoms with Crippen LogP contribution in [0.5, 0.6) is 5.75 Å². The molecule has 1 heterocycles. The van der Waals surface area contributed by atoms with E-state index in [4.69, 9.17) is 4.74 Å². The fourth-order valence-electron chi connectivity index (χ4n) is 3.88. The van der Waals surface area contributed by atoms with E-state index < -0.39 is 0 Å². The van der Waals surface area contributed by atoms with Gasteiger partial charge >= 0.3 is 0 Å². The summed E-state index contributed by atoms with van der Waals surface area (Å²) in [5, 5.41) is 7.29. The molecular weight excluding hydrogens is 267 g/mol. The van der Waals surface area contributed by atoms with Crippen LogP contribution in [0.15, 0.2) is 18.2 Å². The summed E-state index contributed by atoms with van der Waals surface area (Å²) >= 11 is 0. The molecule has 2 N–H and O–H groups in total. The molecule has 1 aliphatic carbocycles. The Labute approximate surface area is 126 Å². The molecule has 0 spiro atoms. The van der Waals surface area contributed by atoms with E-state index in [0.29, 0.717) is 23.8 Å². The van der Waals surface area contributed by atoms with Gasteiger partial charge in [-0.05, 0) is 50.3 Å². The zero-order valence-electron chi connectivity index (χ0n) is 12.7. The first kappa shape index (κ1) is 14.6. The molecule has 1 aromatic rings. The highest BCUT2D eigenvalue weighted by atomic mass is 19.1. The Morgan fingerprint density at radius 3 is 2.86 bits per heavy atom. The third-order valence-corrected chi connectivity index (χ3v) is 4.94. The van der Waals surface area contributed by atoms with Gasteiger partial charge in [-0.15, -0.1) is 0 Å². The number of hydrogen-bond acceptors (Lipinski definition) is 3. The zero-order valence-corrected chi connectivity index (χ0v) is 12.7. The van der Waals surface area contributed by atoms with Gasteiger partial charge in [-0.3, -0.25) is 0 Å². The lowest BCUT2D eigenvalue weighted by Crippen LogP contribution is -2.44. The van der Waals surface area contributed by atoms with Crippen molar-refractivity contribution in [3.05, 3.63) is 24.0 Å². The Morgan fingerprint density at radius 1 is 1.19 bits per heavy atom. The predicted molar refractivity (Wildman–Crippen MR) is 83.3 cm³/mol. The minimum atomic E-state index is -0.255. The van der Waals surface area contributed by atoms with Crippen molar-refractivity contribution in [3.63, 3.8) is 0 Å². The smallest absolute Gasteiger partial charge is 0.144 e. The average molecular weight is 292 g/mol. The van der Waals surface area contributed by atoms with Crippen LogP contribution in [-0.4, -0.2) is 25.7 Å². The standard InChI is InChI=1S/C17H25FN2O/c1-21-17-11-12(18)8-9-16(17)20-15-7-4-5-13(15)14-6-2-3-10-19-14/h8-9,11,13-15,19-20H,2-7,10H2,1H3. The van der Waals surface area contributed by atoms with Gasteiger partial charge in [0.2, 0.25) is 0 Å². The van der Waals surface area contributed by atoms with Gasteiger partial charge in [0.05, 0.1) is 12.8 Å². The van der Waals surface area contributed by atoms with E-state index in [9.17, 15) is 4.39 Å². The molecule has 1 saturated carbocycles. The minimum absolute atomic E-state index is 0.255. The molecule has 2 fully saturated rings. The Balaban J connectivity index is 1.71. The average Bonchev–Trinajstić information content (AvgIpc) is 2.98. The molecule has 1 saturated heterocycles. The SMILES string of the molecule is COc1cc(F)ccc1NC1CCCC1C1CCCCN1. The van der Waals surface area contributed by atoms with Gasteiger partial charge in [0.15, 0.2) is 0 Å². The van der Waals surface area contributed by atoms with Crippen molar-refractivity contribution in [2.75, 3.05) is 19.0 Å². The van der Waals surface area contributed by atoms with Crippen molar-refractivity contribution in [1.29, 1.82) is 0 Å². The van der Waals surface area contributed by atoms with E-state index in [2.05, 4.69) is 10.6 Å². The van der Waals surface area contributed by atoms with Gasteiger partial charge in [0.1, 0.15) is 11.6 Å². The molecule has 3 unspecified atom stereocenters. The fourth-order valence-corrected chi connectivity index (χ4v) is 3.88. The van der Waals surface area contributed by atoms with E-state index in [0.717, 1.165) is 12.2 Å². The molecular formula is C17H25FN2O. The molecule has 21 heavy (non-hydrogen) atoms. The van der Waals surface area contributed by atoms with Crippen LogP contribution in [0.1, 0.15) is 38.5 Å². The molecule has 0 bridgehead atoms. The first-order valence-electron chi connectivity index (χ1n) is 8.11. The second kappa shape index (κ2) is 6.65. The molecule has 3 atom stereocenters. The van der Waals surface area contributed by atoms with E-state index in [1.54, 1.807) is 13.2 Å². The third kappa shape index (κ3) is 3.31. The summed E-state index contributed by atoms with van der Waals surface area (Å²) in [7, 11) is 1.59. The monoisotopic (exact) mass is 292 g/mol. The highest BCUT2D eigenvalue weighted by Gasteiger charge is 2.34. The van der Waals surface area contributed by atoms with Gasteiger partial charge in [-0.25, -0.2) is 4.39 Å². The number of nitrogens with one attached hydrogen (secondary N) is 2. The summed E-state index contributed by atoms with van der Waals surface area (Å²) in [4.78, 5) is 0. The largest absolute Gasteiger partial charge is 0.494 e. The van der Waals surface area contributed by atoms with Crippen molar-refractivity contribution in [2.24, 2.45) is 5.92 Å². The second-order valence-corrected chi connectivity index (χ2v) is 6.25. The van der Waals surface area contributed by atoms with Gasteiger partial charge in [0.25, 0.3) is 0 Å². The normalized spacial score (nSPS) is 29.3. The third-order valence-electron chi connectivity index (χ3n) is 4.94. The molecule has 1 aromatic carbocycles. The number of ether oxygens (including phenoxy) is 1. The second-order valence-electron chi connectivity index (χ2n) is 6.25.